The average molecular weight is 401 g/mol. The number of H-pyrrole nitrogens is 1. The van der Waals surface area contributed by atoms with Gasteiger partial charge in [0.2, 0.25) is 11.8 Å². The fourth-order valence-electron chi connectivity index (χ4n) is 3.42. The first-order valence-corrected chi connectivity index (χ1v) is 11.2. The first kappa shape index (κ1) is 18.7. The van der Waals surface area contributed by atoms with Gasteiger partial charge in [-0.1, -0.05) is 6.42 Å². The molecule has 0 bridgehead atoms. The lowest BCUT2D eigenvalue weighted by molar-refractivity contribution is 0.150. The van der Waals surface area contributed by atoms with Gasteiger partial charge in [0, 0.05) is 11.9 Å². The number of rotatable bonds is 5. The van der Waals surface area contributed by atoms with Crippen LogP contribution in [0.4, 0.5) is 11.6 Å². The highest BCUT2D eigenvalue weighted by molar-refractivity contribution is 7.90. The molecule has 28 heavy (non-hydrogen) atoms. The maximum atomic E-state index is 11.7. The number of sulfone groups is 1. The van der Waals surface area contributed by atoms with Crippen molar-refractivity contribution < 1.29 is 13.2 Å². The van der Waals surface area contributed by atoms with Gasteiger partial charge in [0.05, 0.1) is 11.2 Å². The Morgan fingerprint density at radius 2 is 1.96 bits per heavy atom. The number of ether oxygens (including phenoxy) is 1. The third-order valence-corrected chi connectivity index (χ3v) is 6.07. The van der Waals surface area contributed by atoms with E-state index in [0.29, 0.717) is 23.0 Å². The van der Waals surface area contributed by atoms with Crippen molar-refractivity contribution in [1.82, 2.24) is 19.9 Å². The Hall–Kier alpha value is -2.68. The summed E-state index contributed by atoms with van der Waals surface area (Å²) in [4.78, 5) is 16.5. The van der Waals surface area contributed by atoms with E-state index in [0.717, 1.165) is 24.1 Å². The number of aromatic amines is 1. The van der Waals surface area contributed by atoms with Crippen LogP contribution in [0.1, 0.15) is 37.7 Å². The fourth-order valence-corrected chi connectivity index (χ4v) is 4.12. The van der Waals surface area contributed by atoms with Gasteiger partial charge in [0.25, 0.3) is 0 Å². The summed E-state index contributed by atoms with van der Waals surface area (Å²) in [7, 11) is -3.25. The highest BCUT2D eigenvalue weighted by Gasteiger charge is 2.19. The van der Waals surface area contributed by atoms with Crippen molar-refractivity contribution in [2.75, 3.05) is 11.6 Å². The van der Waals surface area contributed by atoms with Crippen LogP contribution in [0, 0.1) is 6.92 Å². The third kappa shape index (κ3) is 3.94. The lowest BCUT2D eigenvalue weighted by Crippen LogP contribution is -2.20. The van der Waals surface area contributed by atoms with E-state index in [1.807, 2.05) is 6.92 Å². The number of fused-ring (bicyclic) bond motifs is 1. The maximum absolute atomic E-state index is 11.7. The summed E-state index contributed by atoms with van der Waals surface area (Å²) in [6.45, 7) is 1.84. The molecule has 148 valence electrons. The molecule has 1 aromatic carbocycles. The minimum atomic E-state index is -3.25. The van der Waals surface area contributed by atoms with E-state index in [2.05, 4.69) is 25.3 Å². The summed E-state index contributed by atoms with van der Waals surface area (Å²) in [5, 5.41) is 3.16. The van der Waals surface area contributed by atoms with Crippen molar-refractivity contribution in [2.24, 2.45) is 0 Å². The van der Waals surface area contributed by atoms with Gasteiger partial charge in [-0.2, -0.15) is 9.97 Å². The Balaban J connectivity index is 1.64. The van der Waals surface area contributed by atoms with Gasteiger partial charge < -0.3 is 15.0 Å². The van der Waals surface area contributed by atoms with Crippen LogP contribution in [0.15, 0.2) is 29.4 Å². The molecule has 0 atom stereocenters. The predicted octanol–water partition coefficient (Wildman–Crippen LogP) is 3.52. The Morgan fingerprint density at radius 3 is 2.68 bits per heavy atom. The van der Waals surface area contributed by atoms with Gasteiger partial charge in [0.15, 0.2) is 15.5 Å². The lowest BCUT2D eigenvalue weighted by Gasteiger charge is -2.22. The van der Waals surface area contributed by atoms with Crippen LogP contribution in [0.5, 0.6) is 5.88 Å². The molecular formula is C19H23N5O3S. The number of nitrogens with one attached hydrogen (secondary N) is 2. The van der Waals surface area contributed by atoms with Crippen molar-refractivity contribution in [3.63, 3.8) is 0 Å². The van der Waals surface area contributed by atoms with E-state index in [9.17, 15) is 8.42 Å². The number of nitrogens with zero attached hydrogens (tertiary/aromatic N) is 3. The van der Waals surface area contributed by atoms with Crippen molar-refractivity contribution in [3.8, 4) is 5.88 Å². The van der Waals surface area contributed by atoms with Crippen LogP contribution in [0.3, 0.4) is 0 Å². The first-order valence-electron chi connectivity index (χ1n) is 9.35. The van der Waals surface area contributed by atoms with E-state index in [1.54, 1.807) is 24.5 Å². The zero-order valence-corrected chi connectivity index (χ0v) is 16.7. The molecule has 2 heterocycles. The monoisotopic (exact) mass is 401 g/mol. The first-order chi connectivity index (χ1) is 13.4. The largest absolute Gasteiger partial charge is 0.473 e. The molecule has 0 radical (unpaired) electrons. The summed E-state index contributed by atoms with van der Waals surface area (Å²) in [5.41, 5.74) is 2.71. The number of imidazole rings is 1. The molecule has 1 fully saturated rings. The molecule has 0 saturated heterocycles. The second-order valence-electron chi connectivity index (χ2n) is 7.21. The number of aromatic nitrogens is 4. The van der Waals surface area contributed by atoms with Crippen molar-refractivity contribution in [2.45, 2.75) is 50.0 Å². The van der Waals surface area contributed by atoms with E-state index in [4.69, 9.17) is 4.74 Å². The molecule has 0 aliphatic heterocycles. The smallest absolute Gasteiger partial charge is 0.245 e. The Kier molecular flexibility index (Phi) is 4.92. The van der Waals surface area contributed by atoms with E-state index >= 15 is 0 Å². The number of hydrogen-bond donors (Lipinski definition) is 2. The van der Waals surface area contributed by atoms with Gasteiger partial charge in [-0.15, -0.1) is 0 Å². The molecule has 0 spiro atoms. The Bertz CT molecular complexity index is 1100. The molecule has 1 aliphatic carbocycles. The van der Waals surface area contributed by atoms with Gasteiger partial charge in [-0.25, -0.2) is 13.4 Å². The summed E-state index contributed by atoms with van der Waals surface area (Å²) < 4.78 is 29.6. The van der Waals surface area contributed by atoms with Crippen LogP contribution in [0.25, 0.3) is 11.2 Å². The molecular weight excluding hydrogens is 378 g/mol. The van der Waals surface area contributed by atoms with Gasteiger partial charge in [-0.05, 0) is 56.4 Å². The summed E-state index contributed by atoms with van der Waals surface area (Å²) in [6, 6.07) is 4.91. The van der Waals surface area contributed by atoms with Gasteiger partial charge in [0.1, 0.15) is 11.6 Å². The van der Waals surface area contributed by atoms with Crippen molar-refractivity contribution >= 4 is 32.6 Å². The maximum Gasteiger partial charge on any atom is 0.245 e. The highest BCUT2D eigenvalue weighted by atomic mass is 32.2. The van der Waals surface area contributed by atoms with E-state index in [-0.39, 0.29) is 11.0 Å². The number of aryl methyl sites for hydroxylation is 1. The summed E-state index contributed by atoms with van der Waals surface area (Å²) in [5.74, 6) is 0.850. The predicted molar refractivity (Wildman–Crippen MR) is 107 cm³/mol. The topological polar surface area (TPSA) is 110 Å². The third-order valence-electron chi connectivity index (χ3n) is 4.96. The normalized spacial score (nSPS) is 15.6. The molecule has 2 N–H and O–H groups in total. The molecule has 3 aromatic rings. The van der Waals surface area contributed by atoms with Crippen LogP contribution in [0.2, 0.25) is 0 Å². The zero-order chi connectivity index (χ0) is 19.7. The van der Waals surface area contributed by atoms with Gasteiger partial charge in [-0.3, -0.25) is 0 Å². The standard InChI is InChI=1S/C19H23N5O3S/c1-12-10-14(28(2,25)26)8-9-15(12)22-19-23-17-16(20-11-21-17)18(24-19)27-13-6-4-3-5-7-13/h8-11,13H,3-7H2,1-2H3,(H2,20,21,22,23,24). The number of anilines is 2. The average Bonchev–Trinajstić information content (AvgIpc) is 3.12. The van der Waals surface area contributed by atoms with Crippen LogP contribution in [-0.2, 0) is 9.84 Å². The van der Waals surface area contributed by atoms with Crippen LogP contribution >= 0.6 is 0 Å². The van der Waals surface area contributed by atoms with E-state index in [1.165, 1.54) is 25.5 Å². The lowest BCUT2D eigenvalue weighted by atomic mass is 9.98. The zero-order valence-electron chi connectivity index (χ0n) is 15.9. The summed E-state index contributed by atoms with van der Waals surface area (Å²) in [6.07, 6.45) is 8.54. The highest BCUT2D eigenvalue weighted by Crippen LogP contribution is 2.28. The van der Waals surface area contributed by atoms with Crippen molar-refractivity contribution in [3.05, 3.63) is 30.1 Å². The molecule has 1 saturated carbocycles. The molecule has 1 aliphatic rings. The minimum Gasteiger partial charge on any atom is -0.473 e. The fraction of sp³-hybridized carbons (Fsp3) is 0.421. The molecule has 8 nitrogen and oxygen atoms in total. The van der Waals surface area contributed by atoms with Gasteiger partial charge >= 0.3 is 0 Å². The minimum absolute atomic E-state index is 0.152. The molecule has 4 rings (SSSR count). The quantitative estimate of drug-likeness (QED) is 0.673. The van der Waals surface area contributed by atoms with Crippen LogP contribution in [-0.4, -0.2) is 40.7 Å². The second kappa shape index (κ2) is 7.38. The number of hydrogen-bond acceptors (Lipinski definition) is 7. The second-order valence-corrected chi connectivity index (χ2v) is 9.22. The van der Waals surface area contributed by atoms with Crippen LogP contribution < -0.4 is 10.1 Å². The number of benzene rings is 1. The van der Waals surface area contributed by atoms with E-state index < -0.39 is 9.84 Å². The Morgan fingerprint density at radius 1 is 1.18 bits per heavy atom. The summed E-state index contributed by atoms with van der Waals surface area (Å²) >= 11 is 0. The Labute approximate surface area is 163 Å². The molecule has 2 aromatic heterocycles. The van der Waals surface area contributed by atoms with Crippen molar-refractivity contribution in [1.29, 1.82) is 0 Å². The molecule has 0 amide bonds. The SMILES string of the molecule is Cc1cc(S(C)(=O)=O)ccc1Nc1nc(OC2CCCCC2)c2[nH]cnc2n1. The molecule has 0 unspecified atom stereocenters. The molecule has 9 heteroatoms.